The molecule has 1 aliphatic heterocycles. The van der Waals surface area contributed by atoms with E-state index >= 15 is 0 Å². The van der Waals surface area contributed by atoms with Gasteiger partial charge in [-0.1, -0.05) is 29.3 Å². The first kappa shape index (κ1) is 27.0. The van der Waals surface area contributed by atoms with E-state index in [-0.39, 0.29) is 18.1 Å². The van der Waals surface area contributed by atoms with Gasteiger partial charge in [-0.05, 0) is 45.8 Å². The SMILES string of the molecule is CC(C)(C)OC(=O)NC(C(=O)N1C(=O)N(Cc2ccc(Cl)c(Cl)c2)CC1C(=O)O)P(P)P. The van der Waals surface area contributed by atoms with Crippen LogP contribution in [-0.2, 0) is 20.9 Å². The molecule has 2 rings (SSSR count). The second-order valence-electron chi connectivity index (χ2n) is 7.97. The number of hydrogen-bond acceptors (Lipinski definition) is 5. The molecular formula is C18H24Cl2N3O6P3. The summed E-state index contributed by atoms with van der Waals surface area (Å²) >= 11 is 11.9. The van der Waals surface area contributed by atoms with Crippen LogP contribution in [-0.4, -0.2) is 62.9 Å². The van der Waals surface area contributed by atoms with Crippen molar-refractivity contribution >= 4 is 72.4 Å². The molecule has 1 saturated heterocycles. The van der Waals surface area contributed by atoms with Crippen molar-refractivity contribution in [3.63, 3.8) is 0 Å². The van der Waals surface area contributed by atoms with E-state index in [1.807, 2.05) is 0 Å². The molecule has 1 aliphatic rings. The zero-order chi connectivity index (χ0) is 24.4. The zero-order valence-corrected chi connectivity index (χ0v) is 22.3. The van der Waals surface area contributed by atoms with E-state index in [1.165, 1.54) is 4.90 Å². The molecule has 1 fully saturated rings. The van der Waals surface area contributed by atoms with Crippen molar-refractivity contribution < 1.29 is 29.0 Å². The number of urea groups is 1. The van der Waals surface area contributed by atoms with E-state index in [2.05, 4.69) is 23.2 Å². The number of carbonyl (C=O) groups is 4. The highest BCUT2D eigenvalue weighted by Crippen LogP contribution is 2.56. The quantitative estimate of drug-likeness (QED) is 0.523. The number of nitrogens with zero attached hydrogens (tertiary/aromatic N) is 2. The monoisotopic (exact) mass is 541 g/mol. The first-order valence-electron chi connectivity index (χ1n) is 9.28. The van der Waals surface area contributed by atoms with Gasteiger partial charge in [-0.2, -0.15) is 0 Å². The summed E-state index contributed by atoms with van der Waals surface area (Å²) in [7, 11) is 3.50. The van der Waals surface area contributed by atoms with Gasteiger partial charge in [0.15, 0.2) is 6.04 Å². The fraction of sp³-hybridized carbons (Fsp3) is 0.444. The largest absolute Gasteiger partial charge is 0.480 e. The molecule has 1 heterocycles. The van der Waals surface area contributed by atoms with E-state index in [0.29, 0.717) is 15.5 Å². The second kappa shape index (κ2) is 10.8. The van der Waals surface area contributed by atoms with Crippen LogP contribution in [0.4, 0.5) is 9.59 Å². The highest BCUT2D eigenvalue weighted by Gasteiger charge is 2.48. The lowest BCUT2D eigenvalue weighted by Gasteiger charge is -2.28. The van der Waals surface area contributed by atoms with Gasteiger partial charge in [0.25, 0.3) is 5.91 Å². The lowest BCUT2D eigenvalue weighted by atomic mass is 10.2. The topological polar surface area (TPSA) is 116 Å². The number of nitrogens with one attached hydrogen (secondary N) is 1. The molecule has 0 radical (unpaired) electrons. The first-order chi connectivity index (χ1) is 14.7. The van der Waals surface area contributed by atoms with Crippen LogP contribution in [0.2, 0.25) is 10.0 Å². The van der Waals surface area contributed by atoms with Crippen molar-refractivity contribution in [2.24, 2.45) is 0 Å². The fourth-order valence-electron chi connectivity index (χ4n) is 2.90. The van der Waals surface area contributed by atoms with E-state index in [0.717, 1.165) is 0 Å². The van der Waals surface area contributed by atoms with E-state index < -0.39 is 48.7 Å². The molecular weight excluding hydrogens is 518 g/mol. The van der Waals surface area contributed by atoms with Gasteiger partial charge in [-0.15, -0.1) is 17.9 Å². The van der Waals surface area contributed by atoms with Crippen LogP contribution in [0.5, 0.6) is 0 Å². The predicted octanol–water partition coefficient (Wildman–Crippen LogP) is 4.12. The van der Waals surface area contributed by atoms with Gasteiger partial charge in [0.2, 0.25) is 0 Å². The Bertz CT molecular complexity index is 928. The maximum atomic E-state index is 13.2. The maximum absolute atomic E-state index is 13.2. The van der Waals surface area contributed by atoms with Crippen LogP contribution in [0.15, 0.2) is 18.2 Å². The third-order valence-corrected chi connectivity index (χ3v) is 7.72. The van der Waals surface area contributed by atoms with Gasteiger partial charge in [0.05, 0.1) is 16.6 Å². The fourth-order valence-corrected chi connectivity index (χ4v) is 5.06. The second-order valence-corrected chi connectivity index (χ2v) is 15.6. The molecule has 2 N–H and O–H groups in total. The minimum absolute atomic E-state index is 0.0317. The number of benzene rings is 1. The smallest absolute Gasteiger partial charge is 0.408 e. The minimum Gasteiger partial charge on any atom is -0.480 e. The molecule has 0 aromatic heterocycles. The Hall–Kier alpha value is -1.23. The standard InChI is InChI=1S/C18H24Cl2N3O6P3/c1-18(2,3)29-16(27)21-13(32(30)31)14(24)23-12(15(25)26)8-22(17(23)28)7-9-4-5-10(19)11(20)6-9/h4-6,12-13H,7-8,30-31H2,1-3H3,(H,21,27)(H,25,26). The third kappa shape index (κ3) is 6.88. The predicted molar refractivity (Wildman–Crippen MR) is 130 cm³/mol. The third-order valence-electron chi connectivity index (χ3n) is 4.25. The Kier molecular flexibility index (Phi) is 9.12. The van der Waals surface area contributed by atoms with Gasteiger partial charge < -0.3 is 20.1 Å². The number of hydrogen-bond donors (Lipinski definition) is 2. The number of carboxylic acids is 1. The van der Waals surface area contributed by atoms with Crippen molar-refractivity contribution in [2.45, 2.75) is 44.7 Å². The number of alkyl carbamates (subject to hydrolysis) is 1. The molecule has 4 atom stereocenters. The highest BCUT2D eigenvalue weighted by atomic mass is 35.5. The minimum atomic E-state index is -1.41. The Morgan fingerprint density at radius 2 is 1.91 bits per heavy atom. The molecule has 4 unspecified atom stereocenters. The maximum Gasteiger partial charge on any atom is 0.408 e. The lowest BCUT2D eigenvalue weighted by molar-refractivity contribution is -0.146. The summed E-state index contributed by atoms with van der Waals surface area (Å²) < 4.78 is 5.19. The summed E-state index contributed by atoms with van der Waals surface area (Å²) in [5.74, 6) is -3.33. The Morgan fingerprint density at radius 1 is 1.28 bits per heavy atom. The summed E-state index contributed by atoms with van der Waals surface area (Å²) in [5, 5.41) is 12.7. The van der Waals surface area contributed by atoms with Gasteiger partial charge in [0.1, 0.15) is 11.4 Å². The van der Waals surface area contributed by atoms with Crippen LogP contribution in [0.25, 0.3) is 0 Å². The van der Waals surface area contributed by atoms with Gasteiger partial charge >= 0.3 is 18.1 Å². The summed E-state index contributed by atoms with van der Waals surface area (Å²) in [6.45, 7) is 4.81. The number of amides is 4. The number of ether oxygens (including phenoxy) is 1. The number of halogens is 2. The van der Waals surface area contributed by atoms with Crippen LogP contribution in [0.3, 0.4) is 0 Å². The average molecular weight is 542 g/mol. The van der Waals surface area contributed by atoms with Crippen LogP contribution in [0, 0.1) is 0 Å². The zero-order valence-electron chi connectivity index (χ0n) is 17.5. The number of rotatable bonds is 6. The molecule has 0 saturated carbocycles. The Balaban J connectivity index is 2.26. The van der Waals surface area contributed by atoms with E-state index in [1.54, 1.807) is 39.0 Å². The van der Waals surface area contributed by atoms with Crippen LogP contribution >= 0.6 is 48.4 Å². The van der Waals surface area contributed by atoms with Crippen molar-refractivity contribution in [3.05, 3.63) is 33.8 Å². The first-order valence-corrected chi connectivity index (χ1v) is 14.7. The highest BCUT2D eigenvalue weighted by molar-refractivity contribution is 8.43. The van der Waals surface area contributed by atoms with Crippen molar-refractivity contribution in [1.29, 1.82) is 0 Å². The van der Waals surface area contributed by atoms with Crippen LogP contribution in [0.1, 0.15) is 26.3 Å². The number of imide groups is 1. The van der Waals surface area contributed by atoms with Crippen molar-refractivity contribution in [1.82, 2.24) is 15.1 Å². The number of aliphatic carboxylic acids is 1. The number of carbonyl (C=O) groups excluding carboxylic acids is 3. The molecule has 32 heavy (non-hydrogen) atoms. The summed E-state index contributed by atoms with van der Waals surface area (Å²) in [4.78, 5) is 52.2. The molecule has 14 heteroatoms. The average Bonchev–Trinajstić information content (AvgIpc) is 2.97. The molecule has 9 nitrogen and oxygen atoms in total. The Labute approximate surface area is 201 Å². The Morgan fingerprint density at radius 3 is 2.41 bits per heavy atom. The summed E-state index contributed by atoms with van der Waals surface area (Å²) in [6.07, 6.45) is -0.848. The lowest BCUT2D eigenvalue weighted by Crippen LogP contribution is -2.52. The molecule has 4 amide bonds. The molecule has 0 bridgehead atoms. The molecule has 1 aromatic rings. The summed E-state index contributed by atoms with van der Waals surface area (Å²) in [5.41, 5.74) is -0.180. The van der Waals surface area contributed by atoms with Gasteiger partial charge in [0, 0.05) is 6.54 Å². The van der Waals surface area contributed by atoms with Crippen molar-refractivity contribution in [3.8, 4) is 0 Å². The van der Waals surface area contributed by atoms with Gasteiger partial charge in [-0.25, -0.2) is 19.3 Å². The normalized spacial score (nSPS) is 17.5. The van der Waals surface area contributed by atoms with Crippen molar-refractivity contribution in [2.75, 3.05) is 6.54 Å². The van der Waals surface area contributed by atoms with E-state index in [4.69, 9.17) is 27.9 Å². The molecule has 1 aromatic carbocycles. The number of carboxylic acid groups (broad SMARTS) is 1. The molecule has 176 valence electrons. The van der Waals surface area contributed by atoms with E-state index in [9.17, 15) is 24.3 Å². The molecule has 0 aliphatic carbocycles. The van der Waals surface area contributed by atoms with Crippen LogP contribution < -0.4 is 5.32 Å². The molecule has 0 spiro atoms. The summed E-state index contributed by atoms with van der Waals surface area (Å²) in [6, 6.07) is 2.59. The van der Waals surface area contributed by atoms with Gasteiger partial charge in [-0.3, -0.25) is 4.79 Å².